The molecule has 2 bridgehead atoms. The number of nitrogens with one attached hydrogen (secondary N) is 2. The van der Waals surface area contributed by atoms with E-state index in [4.69, 9.17) is 0 Å². The van der Waals surface area contributed by atoms with Gasteiger partial charge in [-0.25, -0.2) is 0 Å². The predicted molar refractivity (Wildman–Crippen MR) is 134 cm³/mol. The number of piperidine rings is 1. The average Bonchev–Trinajstić information content (AvgIpc) is 3.46. The Labute approximate surface area is 217 Å². The maximum atomic E-state index is 13.5. The fourth-order valence-corrected chi connectivity index (χ4v) is 7.18. The molecule has 0 unspecified atom stereocenters. The van der Waals surface area contributed by atoms with Crippen molar-refractivity contribution in [3.05, 3.63) is 40.0 Å². The van der Waals surface area contributed by atoms with Gasteiger partial charge < -0.3 is 0 Å². The summed E-state index contributed by atoms with van der Waals surface area (Å²) in [7, 11) is 2.15. The van der Waals surface area contributed by atoms with Gasteiger partial charge in [0.1, 0.15) is 0 Å². The van der Waals surface area contributed by atoms with Gasteiger partial charge in [-0.05, 0) is 0 Å². The zero-order valence-corrected chi connectivity index (χ0v) is 22.3. The molecule has 1 amide bonds. The summed E-state index contributed by atoms with van der Waals surface area (Å²) >= 11 is -0.552. The van der Waals surface area contributed by atoms with Gasteiger partial charge in [-0.3, -0.25) is 0 Å². The van der Waals surface area contributed by atoms with Crippen LogP contribution in [0.5, 0.6) is 0 Å². The van der Waals surface area contributed by atoms with Crippen molar-refractivity contribution < 1.29 is 18.0 Å². The molecule has 5 heterocycles. The van der Waals surface area contributed by atoms with Crippen molar-refractivity contribution in [3.63, 3.8) is 0 Å². The van der Waals surface area contributed by atoms with Crippen LogP contribution in [0.15, 0.2) is 24.4 Å². The molecule has 0 spiro atoms. The molecule has 190 valence electrons. The third kappa shape index (κ3) is 5.25. The summed E-state index contributed by atoms with van der Waals surface area (Å²) in [6.45, 7) is 1.79. The van der Waals surface area contributed by atoms with Crippen molar-refractivity contribution in [3.8, 4) is 11.8 Å². The van der Waals surface area contributed by atoms with Crippen LogP contribution in [0.4, 0.5) is 19.0 Å². The summed E-state index contributed by atoms with van der Waals surface area (Å²) in [5, 5.41) is 7.13. The fourth-order valence-electron chi connectivity index (χ4n) is 5.06. The van der Waals surface area contributed by atoms with E-state index in [9.17, 15) is 18.0 Å². The first-order valence-corrected chi connectivity index (χ1v) is 14.2. The second-order valence-corrected chi connectivity index (χ2v) is 12.4. The molecule has 0 radical (unpaired) electrons. The van der Waals surface area contributed by atoms with E-state index in [0.717, 1.165) is 24.3 Å². The van der Waals surface area contributed by atoms with Gasteiger partial charge in [-0.1, -0.05) is 0 Å². The number of aromatic nitrogens is 3. The molecule has 0 aliphatic carbocycles. The predicted octanol–water partition coefficient (Wildman–Crippen LogP) is 2.77. The first kappa shape index (κ1) is 25.1. The van der Waals surface area contributed by atoms with Crippen LogP contribution in [-0.4, -0.2) is 77.2 Å². The summed E-state index contributed by atoms with van der Waals surface area (Å²) in [4.78, 5) is 19.1. The standard InChI is InChI=1S/C24H25F3N6OSSe/c1-14-29-13-20(35-14)23(34)28-12-4-5-17-22(36-24(25,26)27)19-6-3-7-21(33(19)31-17)30-16-10-8-15-9-11-18(16)32(15)2/h3,6-7,13,15-16,18,30H,8-12H2,1-2H3,(H,28,34)/t15-,16-,18-/m1/s1. The number of carbonyl (C=O) groups excluding carboxylic acids is 1. The molecule has 7 nitrogen and oxygen atoms in total. The molecule has 2 fully saturated rings. The van der Waals surface area contributed by atoms with E-state index in [1.54, 1.807) is 23.6 Å². The number of rotatable bonds is 5. The number of pyridine rings is 1. The van der Waals surface area contributed by atoms with Gasteiger partial charge in [-0.15, -0.1) is 0 Å². The van der Waals surface area contributed by atoms with Crippen LogP contribution in [0.1, 0.15) is 46.1 Å². The average molecular weight is 582 g/mol. The molecule has 0 saturated carbocycles. The van der Waals surface area contributed by atoms with Crippen molar-refractivity contribution >= 4 is 48.0 Å². The van der Waals surface area contributed by atoms with Crippen molar-refractivity contribution in [2.45, 2.75) is 55.8 Å². The summed E-state index contributed by atoms with van der Waals surface area (Å²) < 4.78 is 42.1. The number of amides is 1. The Kier molecular flexibility index (Phi) is 7.01. The van der Waals surface area contributed by atoms with E-state index < -0.39 is 20.0 Å². The fraction of sp³-hybridized carbons (Fsp3) is 0.458. The number of nitrogens with zero attached hydrogens (tertiary/aromatic N) is 4. The Bertz CT molecular complexity index is 1340. The first-order chi connectivity index (χ1) is 17.2. The topological polar surface area (TPSA) is 74.6 Å². The number of alkyl halides is 3. The van der Waals surface area contributed by atoms with Crippen LogP contribution in [0.3, 0.4) is 0 Å². The molecule has 3 aromatic heterocycles. The van der Waals surface area contributed by atoms with E-state index in [1.165, 1.54) is 24.0 Å². The van der Waals surface area contributed by atoms with Crippen molar-refractivity contribution in [1.82, 2.24) is 24.8 Å². The van der Waals surface area contributed by atoms with Crippen LogP contribution in [-0.2, 0) is 0 Å². The Morgan fingerprint density at radius 2 is 2.08 bits per heavy atom. The van der Waals surface area contributed by atoms with Crippen LogP contribution >= 0.6 is 11.3 Å². The van der Waals surface area contributed by atoms with Gasteiger partial charge >= 0.3 is 217 Å². The Balaban J connectivity index is 1.40. The van der Waals surface area contributed by atoms with E-state index in [0.29, 0.717) is 28.3 Å². The molecule has 5 rings (SSSR count). The number of anilines is 1. The molecule has 3 aromatic rings. The quantitative estimate of drug-likeness (QED) is 0.358. The van der Waals surface area contributed by atoms with E-state index in [-0.39, 0.29) is 28.6 Å². The number of hydrogen-bond acceptors (Lipinski definition) is 6. The number of likely N-dealkylation sites (N-methyl/N-ethyl adjacent to an activating group) is 1. The van der Waals surface area contributed by atoms with Gasteiger partial charge in [-0.2, -0.15) is 0 Å². The van der Waals surface area contributed by atoms with E-state index in [2.05, 4.69) is 44.5 Å². The van der Waals surface area contributed by atoms with Crippen LogP contribution in [0, 0.1) is 18.8 Å². The van der Waals surface area contributed by atoms with Gasteiger partial charge in [0, 0.05) is 0 Å². The summed E-state index contributed by atoms with van der Waals surface area (Å²) in [6.07, 6.45) is 5.90. The van der Waals surface area contributed by atoms with Gasteiger partial charge in [0.15, 0.2) is 0 Å². The van der Waals surface area contributed by atoms with E-state index >= 15 is 0 Å². The van der Waals surface area contributed by atoms with Gasteiger partial charge in [0.25, 0.3) is 0 Å². The molecule has 2 N–H and O–H groups in total. The zero-order chi connectivity index (χ0) is 25.4. The number of carbonyl (C=O) groups is 1. The Hall–Kier alpha value is -2.58. The number of fused-ring (bicyclic) bond motifs is 3. The molecule has 3 atom stereocenters. The molecular weight excluding hydrogens is 556 g/mol. The Morgan fingerprint density at radius 1 is 1.28 bits per heavy atom. The molecule has 2 aliphatic rings. The molecule has 0 aromatic carbocycles. The molecule has 2 aliphatic heterocycles. The summed E-state index contributed by atoms with van der Waals surface area (Å²) in [5.74, 6) is 5.89. The van der Waals surface area contributed by atoms with Crippen molar-refractivity contribution in [2.75, 3.05) is 18.9 Å². The van der Waals surface area contributed by atoms with E-state index in [1.807, 2.05) is 6.07 Å². The molecular formula is C24H25F3N6OSSe. The number of aryl methyl sites for hydroxylation is 1. The van der Waals surface area contributed by atoms with Crippen LogP contribution in [0.2, 0.25) is 0 Å². The molecule has 36 heavy (non-hydrogen) atoms. The first-order valence-electron chi connectivity index (χ1n) is 11.6. The van der Waals surface area contributed by atoms with Gasteiger partial charge in [0.05, 0.1) is 0 Å². The van der Waals surface area contributed by atoms with Crippen LogP contribution in [0.25, 0.3) is 5.52 Å². The minimum atomic E-state index is -4.35. The third-order valence-electron chi connectivity index (χ3n) is 6.72. The maximum absolute atomic E-state index is 13.5. The van der Waals surface area contributed by atoms with Crippen molar-refractivity contribution in [2.24, 2.45) is 0 Å². The monoisotopic (exact) mass is 582 g/mol. The molecule has 12 heteroatoms. The number of thiazole rings is 1. The minimum absolute atomic E-state index is 0.00945. The van der Waals surface area contributed by atoms with Gasteiger partial charge in [0.2, 0.25) is 0 Å². The third-order valence-corrected chi connectivity index (χ3v) is 9.39. The second-order valence-electron chi connectivity index (χ2n) is 8.95. The van der Waals surface area contributed by atoms with Crippen LogP contribution < -0.4 is 15.1 Å². The normalized spacial score (nSPS) is 21.9. The summed E-state index contributed by atoms with van der Waals surface area (Å²) in [6, 6.07) is 6.49. The SMILES string of the molecule is Cc1ncc(C(=O)NCC#Cc2nn3c(N[C@@H]4CC[C@@H]5CC[C@H]4N5C)cccc3c2[Se]C(F)(F)F)s1. The summed E-state index contributed by atoms with van der Waals surface area (Å²) in [5.41, 5.74) is 0.491. The molecule has 2 saturated heterocycles. The van der Waals surface area contributed by atoms with Crippen molar-refractivity contribution in [1.29, 1.82) is 0 Å². The Morgan fingerprint density at radius 3 is 2.83 bits per heavy atom. The second kappa shape index (κ2) is 10.1. The zero-order valence-electron chi connectivity index (χ0n) is 19.7. The number of halogens is 3. The number of hydrogen-bond donors (Lipinski definition) is 2.